The number of hydrogen-bond acceptors (Lipinski definition) is 4. The van der Waals surface area contributed by atoms with Gasteiger partial charge in [0.05, 0.1) is 12.6 Å². The minimum absolute atomic E-state index is 0.0316. The molecule has 1 atom stereocenters. The van der Waals surface area contributed by atoms with Gasteiger partial charge in [0.2, 0.25) is 5.91 Å². The number of carbonyl (C=O) groups excluding carboxylic acids is 1. The van der Waals surface area contributed by atoms with Gasteiger partial charge in [-0.05, 0) is 29.7 Å². The molecule has 5 nitrogen and oxygen atoms in total. The molecule has 1 aliphatic heterocycles. The number of rotatable bonds is 7. The molecule has 4 rings (SSSR count). The van der Waals surface area contributed by atoms with Gasteiger partial charge in [0.15, 0.2) is 0 Å². The Labute approximate surface area is 178 Å². The predicted molar refractivity (Wildman–Crippen MR) is 120 cm³/mol. The fourth-order valence-corrected chi connectivity index (χ4v) is 3.91. The third kappa shape index (κ3) is 5.45. The molecular weight excluding hydrogens is 372 g/mol. The summed E-state index contributed by atoms with van der Waals surface area (Å²) < 4.78 is 0. The first-order valence-electron chi connectivity index (χ1n) is 10.5. The SMILES string of the molecule is O=C(CN1CCN(c2ccccn2)CC1)N[C@@H](Cc1ccccc1)c1ccccc1. The standard InChI is InChI=1S/C25H28N4O/c30-25(20-28-15-17-29(18-16-28)24-13-7-8-14-26-24)27-23(22-11-5-2-6-12-22)19-21-9-3-1-4-10-21/h1-14,23H,15-20H2,(H,27,30)/t23-/m0/s1. The highest BCUT2D eigenvalue weighted by Gasteiger charge is 2.21. The van der Waals surface area contributed by atoms with E-state index in [2.05, 4.69) is 44.4 Å². The minimum Gasteiger partial charge on any atom is -0.354 e. The van der Waals surface area contributed by atoms with Gasteiger partial charge in [-0.3, -0.25) is 9.69 Å². The normalized spacial score (nSPS) is 15.5. The van der Waals surface area contributed by atoms with Crippen LogP contribution >= 0.6 is 0 Å². The van der Waals surface area contributed by atoms with Crippen molar-refractivity contribution in [3.8, 4) is 0 Å². The Balaban J connectivity index is 1.34. The third-order valence-corrected chi connectivity index (χ3v) is 5.53. The third-order valence-electron chi connectivity index (χ3n) is 5.53. The highest BCUT2D eigenvalue weighted by Crippen LogP contribution is 2.19. The lowest BCUT2D eigenvalue weighted by Gasteiger charge is -2.35. The van der Waals surface area contributed by atoms with Crippen LogP contribution in [0.25, 0.3) is 0 Å². The smallest absolute Gasteiger partial charge is 0.234 e. The molecule has 0 radical (unpaired) electrons. The second-order valence-electron chi connectivity index (χ2n) is 7.67. The Bertz CT molecular complexity index is 910. The highest BCUT2D eigenvalue weighted by atomic mass is 16.2. The number of benzene rings is 2. The first kappa shape index (κ1) is 20.1. The summed E-state index contributed by atoms with van der Waals surface area (Å²) >= 11 is 0. The lowest BCUT2D eigenvalue weighted by Crippen LogP contribution is -2.50. The van der Waals surface area contributed by atoms with E-state index in [1.807, 2.05) is 60.8 Å². The van der Waals surface area contributed by atoms with Gasteiger partial charge in [0.1, 0.15) is 5.82 Å². The van der Waals surface area contributed by atoms with Crippen molar-refractivity contribution in [2.24, 2.45) is 0 Å². The summed E-state index contributed by atoms with van der Waals surface area (Å²) in [5.41, 5.74) is 2.35. The van der Waals surface area contributed by atoms with Crippen molar-refractivity contribution in [2.45, 2.75) is 12.5 Å². The van der Waals surface area contributed by atoms with Crippen LogP contribution in [0.1, 0.15) is 17.2 Å². The summed E-state index contributed by atoms with van der Waals surface area (Å²) in [4.78, 5) is 21.8. The van der Waals surface area contributed by atoms with Crippen molar-refractivity contribution in [1.82, 2.24) is 15.2 Å². The van der Waals surface area contributed by atoms with Crippen LogP contribution in [0.4, 0.5) is 5.82 Å². The molecule has 1 saturated heterocycles. The number of pyridine rings is 1. The van der Waals surface area contributed by atoms with Crippen LogP contribution in [0.15, 0.2) is 85.1 Å². The minimum atomic E-state index is -0.0316. The van der Waals surface area contributed by atoms with E-state index in [4.69, 9.17) is 0 Å². The van der Waals surface area contributed by atoms with E-state index >= 15 is 0 Å². The number of carbonyl (C=O) groups is 1. The summed E-state index contributed by atoms with van der Waals surface area (Å²) in [7, 11) is 0. The summed E-state index contributed by atoms with van der Waals surface area (Å²) in [5, 5.41) is 3.27. The van der Waals surface area contributed by atoms with Crippen LogP contribution < -0.4 is 10.2 Å². The van der Waals surface area contributed by atoms with E-state index in [0.29, 0.717) is 6.54 Å². The molecule has 2 heterocycles. The predicted octanol–water partition coefficient (Wildman–Crippen LogP) is 3.30. The summed E-state index contributed by atoms with van der Waals surface area (Å²) in [6.45, 7) is 3.92. The average molecular weight is 401 g/mol. The summed E-state index contributed by atoms with van der Waals surface area (Å²) in [6.07, 6.45) is 2.61. The maximum absolute atomic E-state index is 12.9. The average Bonchev–Trinajstić information content (AvgIpc) is 2.81. The zero-order valence-corrected chi connectivity index (χ0v) is 17.2. The Morgan fingerprint density at radius 2 is 1.53 bits per heavy atom. The molecule has 1 fully saturated rings. The Hall–Kier alpha value is -3.18. The second-order valence-corrected chi connectivity index (χ2v) is 7.67. The van der Waals surface area contributed by atoms with Gasteiger partial charge in [-0.1, -0.05) is 66.7 Å². The van der Waals surface area contributed by atoms with Gasteiger partial charge in [-0.2, -0.15) is 0 Å². The van der Waals surface area contributed by atoms with Crippen LogP contribution in [0, 0.1) is 0 Å². The number of nitrogens with zero attached hydrogens (tertiary/aromatic N) is 3. The summed E-state index contributed by atoms with van der Waals surface area (Å²) in [6, 6.07) is 26.5. The second kappa shape index (κ2) is 10.0. The molecule has 30 heavy (non-hydrogen) atoms. The molecule has 1 N–H and O–H groups in total. The lowest BCUT2D eigenvalue weighted by molar-refractivity contribution is -0.123. The molecule has 0 spiro atoms. The Morgan fingerprint density at radius 1 is 0.867 bits per heavy atom. The van der Waals surface area contributed by atoms with Gasteiger partial charge in [0.25, 0.3) is 0 Å². The van der Waals surface area contributed by atoms with Crippen molar-refractivity contribution < 1.29 is 4.79 Å². The zero-order valence-electron chi connectivity index (χ0n) is 17.2. The molecule has 0 unspecified atom stereocenters. The van der Waals surface area contributed by atoms with Crippen molar-refractivity contribution in [2.75, 3.05) is 37.6 Å². The Morgan fingerprint density at radius 3 is 2.20 bits per heavy atom. The van der Waals surface area contributed by atoms with E-state index in [-0.39, 0.29) is 11.9 Å². The van der Waals surface area contributed by atoms with Gasteiger partial charge in [-0.15, -0.1) is 0 Å². The molecule has 1 amide bonds. The number of piperazine rings is 1. The number of nitrogens with one attached hydrogen (secondary N) is 1. The van der Waals surface area contributed by atoms with E-state index in [1.165, 1.54) is 5.56 Å². The molecule has 154 valence electrons. The van der Waals surface area contributed by atoms with E-state index < -0.39 is 0 Å². The molecule has 3 aromatic rings. The first-order chi connectivity index (χ1) is 14.8. The summed E-state index contributed by atoms with van der Waals surface area (Å²) in [5.74, 6) is 1.08. The zero-order chi connectivity index (χ0) is 20.6. The van der Waals surface area contributed by atoms with E-state index in [0.717, 1.165) is 44.0 Å². The molecule has 1 aromatic heterocycles. The van der Waals surface area contributed by atoms with Gasteiger partial charge >= 0.3 is 0 Å². The van der Waals surface area contributed by atoms with Crippen molar-refractivity contribution in [3.63, 3.8) is 0 Å². The van der Waals surface area contributed by atoms with Crippen LogP contribution in [0.2, 0.25) is 0 Å². The number of amides is 1. The van der Waals surface area contributed by atoms with Crippen molar-refractivity contribution >= 4 is 11.7 Å². The van der Waals surface area contributed by atoms with Gasteiger partial charge < -0.3 is 10.2 Å². The van der Waals surface area contributed by atoms with E-state index in [1.54, 1.807) is 0 Å². The topological polar surface area (TPSA) is 48.5 Å². The monoisotopic (exact) mass is 400 g/mol. The van der Waals surface area contributed by atoms with Crippen LogP contribution in [-0.2, 0) is 11.2 Å². The fraction of sp³-hybridized carbons (Fsp3) is 0.280. The van der Waals surface area contributed by atoms with Crippen LogP contribution in [-0.4, -0.2) is 48.5 Å². The fourth-order valence-electron chi connectivity index (χ4n) is 3.91. The molecular formula is C25H28N4O. The molecule has 0 bridgehead atoms. The highest BCUT2D eigenvalue weighted by molar-refractivity contribution is 5.78. The molecule has 0 saturated carbocycles. The van der Waals surface area contributed by atoms with Crippen LogP contribution in [0.3, 0.4) is 0 Å². The van der Waals surface area contributed by atoms with E-state index in [9.17, 15) is 4.79 Å². The maximum atomic E-state index is 12.9. The maximum Gasteiger partial charge on any atom is 0.234 e. The lowest BCUT2D eigenvalue weighted by atomic mass is 9.99. The van der Waals surface area contributed by atoms with Gasteiger partial charge in [0, 0.05) is 32.4 Å². The van der Waals surface area contributed by atoms with Crippen LogP contribution in [0.5, 0.6) is 0 Å². The first-order valence-corrected chi connectivity index (χ1v) is 10.5. The Kier molecular flexibility index (Phi) is 6.72. The van der Waals surface area contributed by atoms with Gasteiger partial charge in [-0.25, -0.2) is 4.98 Å². The quantitative estimate of drug-likeness (QED) is 0.661. The molecule has 5 heteroatoms. The molecule has 1 aliphatic rings. The number of hydrogen-bond donors (Lipinski definition) is 1. The number of aromatic nitrogens is 1. The number of anilines is 1. The molecule has 0 aliphatic carbocycles. The van der Waals surface area contributed by atoms with Crippen molar-refractivity contribution in [1.29, 1.82) is 0 Å². The van der Waals surface area contributed by atoms with Crippen molar-refractivity contribution in [3.05, 3.63) is 96.2 Å². The largest absolute Gasteiger partial charge is 0.354 e. The molecule has 2 aromatic carbocycles.